The summed E-state index contributed by atoms with van der Waals surface area (Å²) >= 11 is 11.4. The smallest absolute Gasteiger partial charge is 0.365 e. The molecule has 0 spiro atoms. The van der Waals surface area contributed by atoms with Crippen molar-refractivity contribution in [3.05, 3.63) is 39.0 Å². The van der Waals surface area contributed by atoms with Gasteiger partial charge in [-0.3, -0.25) is 9.89 Å². The van der Waals surface area contributed by atoms with Gasteiger partial charge in [0.15, 0.2) is 11.5 Å². The number of carbonyl (C=O) groups excluding carboxylic acids is 1. The van der Waals surface area contributed by atoms with Crippen LogP contribution in [0.5, 0.6) is 0 Å². The highest BCUT2D eigenvalue weighted by atomic mass is 35.5. The Balaban J connectivity index is 2.51. The lowest BCUT2D eigenvalue weighted by atomic mass is 10.1. The van der Waals surface area contributed by atoms with Crippen LogP contribution in [0.1, 0.15) is 21.6 Å². The number of benzene rings is 1. The van der Waals surface area contributed by atoms with Crippen LogP contribution in [0.2, 0.25) is 10.0 Å². The highest BCUT2D eigenvalue weighted by Gasteiger charge is 2.39. The number of amides is 1. The maximum atomic E-state index is 12.8. The van der Waals surface area contributed by atoms with Gasteiger partial charge in [-0.25, -0.2) is 0 Å². The quantitative estimate of drug-likeness (QED) is 0.651. The Morgan fingerprint density at radius 3 is 2.00 bits per heavy atom. The normalized spacial score (nSPS) is 12.3. The molecule has 0 radical (unpaired) electrons. The van der Waals surface area contributed by atoms with E-state index in [1.807, 2.05) is 0 Å². The van der Waals surface area contributed by atoms with Crippen LogP contribution in [0.3, 0.4) is 0 Å². The number of halogens is 8. The number of anilines is 2. The van der Waals surface area contributed by atoms with E-state index in [2.05, 4.69) is 10.4 Å². The summed E-state index contributed by atoms with van der Waals surface area (Å²) in [5.74, 6) is -2.16. The lowest BCUT2D eigenvalue weighted by Gasteiger charge is -2.13. The number of H-pyrrole nitrogens is 1. The van der Waals surface area contributed by atoms with Crippen LogP contribution in [-0.2, 0) is 12.4 Å². The molecule has 25 heavy (non-hydrogen) atoms. The van der Waals surface area contributed by atoms with Crippen LogP contribution in [0.4, 0.5) is 37.8 Å². The van der Waals surface area contributed by atoms with Crippen LogP contribution in [0.15, 0.2) is 12.1 Å². The van der Waals surface area contributed by atoms with E-state index < -0.39 is 50.9 Å². The van der Waals surface area contributed by atoms with Crippen molar-refractivity contribution in [1.82, 2.24) is 10.2 Å². The molecule has 1 aromatic heterocycles. The van der Waals surface area contributed by atoms with Crippen molar-refractivity contribution < 1.29 is 31.1 Å². The van der Waals surface area contributed by atoms with Gasteiger partial charge in [0.1, 0.15) is 5.56 Å². The third-order valence-corrected chi connectivity index (χ3v) is 3.51. The zero-order valence-corrected chi connectivity index (χ0v) is 13.1. The molecule has 0 atom stereocenters. The number of aromatic amines is 1. The van der Waals surface area contributed by atoms with Crippen LogP contribution >= 0.6 is 23.2 Å². The fraction of sp³-hybridized carbons (Fsp3) is 0.167. The minimum atomic E-state index is -4.97. The second kappa shape index (κ2) is 6.30. The first-order valence-electron chi connectivity index (χ1n) is 6.11. The summed E-state index contributed by atoms with van der Waals surface area (Å²) in [6.45, 7) is 0. The molecule has 136 valence electrons. The lowest BCUT2D eigenvalue weighted by molar-refractivity contribution is -0.141. The predicted molar refractivity (Wildman–Crippen MR) is 76.9 cm³/mol. The number of hydrogen-bond donors (Lipinski definition) is 3. The lowest BCUT2D eigenvalue weighted by Crippen LogP contribution is -2.19. The number of rotatable bonds is 3. The van der Waals surface area contributed by atoms with E-state index in [0.717, 1.165) is 0 Å². The monoisotopic (exact) mass is 406 g/mol. The molecule has 1 aromatic carbocycles. The van der Waals surface area contributed by atoms with Crippen molar-refractivity contribution in [3.63, 3.8) is 0 Å². The van der Waals surface area contributed by atoms with Gasteiger partial charge in [-0.1, -0.05) is 23.2 Å². The van der Waals surface area contributed by atoms with Gasteiger partial charge in [0.2, 0.25) is 0 Å². The first-order valence-corrected chi connectivity index (χ1v) is 6.86. The summed E-state index contributed by atoms with van der Waals surface area (Å²) in [6.07, 6.45) is -9.70. The van der Waals surface area contributed by atoms with Crippen LogP contribution in [0, 0.1) is 0 Å². The zero-order chi connectivity index (χ0) is 19.2. The topological polar surface area (TPSA) is 83.8 Å². The van der Waals surface area contributed by atoms with Crippen molar-refractivity contribution in [2.75, 3.05) is 5.32 Å². The molecular formula is C12H6Cl2F6N4O. The highest BCUT2D eigenvalue weighted by molar-refractivity contribution is 6.39. The number of nitrogens with one attached hydrogen (secondary N) is 2. The van der Waals surface area contributed by atoms with E-state index in [1.54, 1.807) is 5.10 Å². The van der Waals surface area contributed by atoms with Gasteiger partial charge < -0.3 is 11.1 Å². The Labute approximate surface area is 145 Å². The Morgan fingerprint density at radius 2 is 1.60 bits per heavy atom. The molecule has 1 amide bonds. The number of nitrogens with two attached hydrogens (primary N) is 1. The molecule has 0 aliphatic heterocycles. The minimum absolute atomic E-state index is 0.376. The molecular weight excluding hydrogens is 401 g/mol. The molecule has 2 aromatic rings. The van der Waals surface area contributed by atoms with E-state index in [0.29, 0.717) is 12.1 Å². The Kier molecular flexibility index (Phi) is 4.83. The zero-order valence-electron chi connectivity index (χ0n) is 11.6. The molecule has 2 rings (SSSR count). The molecule has 0 saturated carbocycles. The van der Waals surface area contributed by atoms with Crippen molar-refractivity contribution in [2.24, 2.45) is 5.73 Å². The molecule has 0 aliphatic rings. The molecule has 1 heterocycles. The molecule has 5 nitrogen and oxygen atoms in total. The van der Waals surface area contributed by atoms with Gasteiger partial charge in [-0.2, -0.15) is 31.4 Å². The summed E-state index contributed by atoms with van der Waals surface area (Å²) in [6, 6.07) is 1.02. The maximum Gasteiger partial charge on any atom is 0.433 e. The Bertz CT molecular complexity index is 807. The number of aromatic nitrogens is 2. The average Bonchev–Trinajstić information content (AvgIpc) is 2.85. The predicted octanol–water partition coefficient (Wildman–Crippen LogP) is 4.60. The van der Waals surface area contributed by atoms with Gasteiger partial charge in [-0.05, 0) is 12.1 Å². The molecule has 0 aliphatic carbocycles. The number of alkyl halides is 6. The van der Waals surface area contributed by atoms with Gasteiger partial charge in [0.05, 0.1) is 21.3 Å². The SMILES string of the molecule is NC(=O)c1c(Nc2c(Cl)cc(C(F)(F)F)cc2Cl)n[nH]c1C(F)(F)F. The average molecular weight is 407 g/mol. The molecule has 13 heteroatoms. The summed E-state index contributed by atoms with van der Waals surface area (Å²) in [5, 5.41) is 5.93. The molecule has 0 fully saturated rings. The first-order chi connectivity index (χ1) is 11.3. The van der Waals surface area contributed by atoms with Crippen molar-refractivity contribution in [2.45, 2.75) is 12.4 Å². The molecule has 0 saturated heterocycles. The van der Waals surface area contributed by atoms with Crippen molar-refractivity contribution >= 4 is 40.6 Å². The van der Waals surface area contributed by atoms with Gasteiger partial charge >= 0.3 is 12.4 Å². The summed E-state index contributed by atoms with van der Waals surface area (Å²) in [7, 11) is 0. The van der Waals surface area contributed by atoms with Gasteiger partial charge in [0, 0.05) is 0 Å². The first kappa shape index (κ1) is 19.2. The van der Waals surface area contributed by atoms with Gasteiger partial charge in [0.25, 0.3) is 5.91 Å². The molecule has 0 unspecified atom stereocenters. The maximum absolute atomic E-state index is 12.8. The third-order valence-electron chi connectivity index (χ3n) is 2.91. The van der Waals surface area contributed by atoms with Crippen LogP contribution in [0.25, 0.3) is 0 Å². The summed E-state index contributed by atoms with van der Waals surface area (Å²) in [4.78, 5) is 11.3. The van der Waals surface area contributed by atoms with E-state index in [9.17, 15) is 31.1 Å². The second-order valence-corrected chi connectivity index (χ2v) is 5.44. The number of nitrogens with zero attached hydrogens (tertiary/aromatic N) is 1. The fourth-order valence-corrected chi connectivity index (χ4v) is 2.43. The summed E-state index contributed by atoms with van der Waals surface area (Å²) in [5.41, 5.74) is 0.804. The Morgan fingerprint density at radius 1 is 1.08 bits per heavy atom. The number of carbonyl (C=O) groups is 1. The second-order valence-electron chi connectivity index (χ2n) is 4.62. The van der Waals surface area contributed by atoms with Crippen molar-refractivity contribution in [3.8, 4) is 0 Å². The Hall–Kier alpha value is -2.14. The van der Waals surface area contributed by atoms with E-state index in [1.165, 1.54) is 0 Å². The van der Waals surface area contributed by atoms with Gasteiger partial charge in [-0.15, -0.1) is 0 Å². The number of primary amides is 1. The van der Waals surface area contributed by atoms with Crippen molar-refractivity contribution in [1.29, 1.82) is 0 Å². The van der Waals surface area contributed by atoms with Crippen LogP contribution < -0.4 is 11.1 Å². The van der Waals surface area contributed by atoms with E-state index in [4.69, 9.17) is 28.9 Å². The largest absolute Gasteiger partial charge is 0.433 e. The van der Waals surface area contributed by atoms with E-state index in [-0.39, 0.29) is 5.69 Å². The standard InChI is InChI=1S/C12H6Cl2F6N4O/c13-4-1-3(11(15,16)17)2-5(14)7(4)22-10-6(9(21)25)8(23-24-10)12(18,19)20/h1-2H,(H2,21,25)(H2,22,23,24). The third kappa shape index (κ3) is 3.93. The summed E-state index contributed by atoms with van der Waals surface area (Å²) < 4.78 is 76.5. The minimum Gasteiger partial charge on any atom is -0.365 e. The van der Waals surface area contributed by atoms with Crippen LogP contribution in [-0.4, -0.2) is 16.1 Å². The molecule has 4 N–H and O–H groups in total. The fourth-order valence-electron chi connectivity index (χ4n) is 1.85. The van der Waals surface area contributed by atoms with E-state index >= 15 is 0 Å². The molecule has 0 bridgehead atoms. The number of hydrogen-bond acceptors (Lipinski definition) is 3. The highest BCUT2D eigenvalue weighted by Crippen LogP contribution is 2.41.